The van der Waals surface area contributed by atoms with E-state index in [-0.39, 0.29) is 5.69 Å². The van der Waals surface area contributed by atoms with Crippen molar-refractivity contribution in [1.29, 1.82) is 0 Å². The number of hydrogen-bond acceptors (Lipinski definition) is 3. The van der Waals surface area contributed by atoms with E-state index in [9.17, 15) is 23.3 Å². The molecule has 0 saturated heterocycles. The summed E-state index contributed by atoms with van der Waals surface area (Å²) in [4.78, 5) is 14.4. The molecule has 3 rings (SSSR count). The van der Waals surface area contributed by atoms with Crippen molar-refractivity contribution in [3.8, 4) is 0 Å². The number of fused-ring (bicyclic) bond motifs is 1. The van der Waals surface area contributed by atoms with Gasteiger partial charge in [0.05, 0.1) is 10.5 Å². The van der Waals surface area contributed by atoms with Gasteiger partial charge in [0.1, 0.15) is 11.8 Å². The average Bonchev–Trinajstić information content (AvgIpc) is 2.83. The number of pyridine rings is 1. The summed E-state index contributed by atoms with van der Waals surface area (Å²) in [6, 6.07) is 6.34. The van der Waals surface area contributed by atoms with E-state index in [1.165, 1.54) is 24.4 Å². The van der Waals surface area contributed by atoms with E-state index in [0.717, 1.165) is 17.7 Å². The predicted octanol–water partition coefficient (Wildman–Crippen LogP) is 4.32. The molecule has 1 aromatic carbocycles. The van der Waals surface area contributed by atoms with Gasteiger partial charge >= 0.3 is 6.18 Å². The molecule has 0 N–H and O–H groups in total. The number of rotatable bonds is 3. The van der Waals surface area contributed by atoms with Crippen LogP contribution in [0, 0.1) is 17.0 Å². The Morgan fingerprint density at radius 3 is 2.50 bits per heavy atom. The van der Waals surface area contributed by atoms with Crippen LogP contribution in [0.25, 0.3) is 11.0 Å². The van der Waals surface area contributed by atoms with Gasteiger partial charge in [-0.05, 0) is 30.2 Å². The molecule has 0 aliphatic carbocycles. The van der Waals surface area contributed by atoms with Crippen molar-refractivity contribution in [1.82, 2.24) is 9.55 Å². The van der Waals surface area contributed by atoms with Crippen molar-refractivity contribution in [2.45, 2.75) is 19.6 Å². The second kappa shape index (κ2) is 5.63. The van der Waals surface area contributed by atoms with Crippen LogP contribution < -0.4 is 0 Å². The van der Waals surface area contributed by atoms with Crippen LogP contribution in [0.15, 0.2) is 42.7 Å². The van der Waals surface area contributed by atoms with Crippen LogP contribution in [0.3, 0.4) is 0 Å². The van der Waals surface area contributed by atoms with E-state index < -0.39 is 16.7 Å². The molecular weight excluding hydrogens is 323 g/mol. The average molecular weight is 335 g/mol. The molecular formula is C16H12F3N3O2. The lowest BCUT2D eigenvalue weighted by Crippen LogP contribution is -2.05. The zero-order chi connectivity index (χ0) is 17.5. The summed E-state index contributed by atoms with van der Waals surface area (Å²) in [5, 5.41) is 11.5. The number of aryl methyl sites for hydroxylation is 1. The van der Waals surface area contributed by atoms with Crippen molar-refractivity contribution in [2.75, 3.05) is 0 Å². The van der Waals surface area contributed by atoms with Crippen molar-refractivity contribution >= 4 is 16.7 Å². The van der Waals surface area contributed by atoms with Crippen LogP contribution in [0.4, 0.5) is 18.9 Å². The van der Waals surface area contributed by atoms with Gasteiger partial charge in [-0.2, -0.15) is 13.2 Å². The maximum atomic E-state index is 12.6. The number of nitrogens with zero attached hydrogens (tertiary/aromatic N) is 3. The molecule has 0 atom stereocenters. The van der Waals surface area contributed by atoms with Crippen molar-refractivity contribution in [3.63, 3.8) is 0 Å². The molecule has 0 aliphatic heterocycles. The molecule has 0 unspecified atom stereocenters. The predicted molar refractivity (Wildman–Crippen MR) is 81.7 cm³/mol. The molecule has 0 spiro atoms. The number of aromatic nitrogens is 2. The fraction of sp³-hybridized carbons (Fsp3) is 0.188. The quantitative estimate of drug-likeness (QED) is 0.529. The van der Waals surface area contributed by atoms with Gasteiger partial charge in [-0.15, -0.1) is 0 Å². The van der Waals surface area contributed by atoms with E-state index in [1.807, 2.05) is 0 Å². The summed E-state index contributed by atoms with van der Waals surface area (Å²) in [6.07, 6.45) is -1.42. The number of benzene rings is 1. The lowest BCUT2D eigenvalue weighted by atomic mass is 10.1. The van der Waals surface area contributed by atoms with Crippen LogP contribution in [-0.4, -0.2) is 14.5 Å². The van der Waals surface area contributed by atoms with Gasteiger partial charge < -0.3 is 4.57 Å². The minimum atomic E-state index is -4.37. The second-order valence-electron chi connectivity index (χ2n) is 5.46. The lowest BCUT2D eigenvalue weighted by Gasteiger charge is -2.08. The summed E-state index contributed by atoms with van der Waals surface area (Å²) in [5.41, 5.74) is 1.25. The Bertz CT molecular complexity index is 915. The summed E-state index contributed by atoms with van der Waals surface area (Å²) >= 11 is 0. The largest absolute Gasteiger partial charge is 0.416 e. The highest BCUT2D eigenvalue weighted by Gasteiger charge is 2.29. The van der Waals surface area contributed by atoms with Gasteiger partial charge in [0.2, 0.25) is 0 Å². The highest BCUT2D eigenvalue weighted by Crippen LogP contribution is 2.29. The first-order valence-corrected chi connectivity index (χ1v) is 7.02. The minimum Gasteiger partial charge on any atom is -0.328 e. The molecule has 0 radical (unpaired) electrons. The van der Waals surface area contributed by atoms with Crippen molar-refractivity contribution < 1.29 is 18.1 Å². The summed E-state index contributed by atoms with van der Waals surface area (Å²) < 4.78 is 39.5. The third-order valence-corrected chi connectivity index (χ3v) is 3.74. The Balaban J connectivity index is 1.94. The highest BCUT2D eigenvalue weighted by atomic mass is 19.4. The molecule has 24 heavy (non-hydrogen) atoms. The summed E-state index contributed by atoms with van der Waals surface area (Å²) in [7, 11) is 0. The zero-order valence-electron chi connectivity index (χ0n) is 12.5. The highest BCUT2D eigenvalue weighted by molar-refractivity contribution is 5.82. The van der Waals surface area contributed by atoms with Crippen molar-refractivity contribution in [3.05, 3.63) is 69.5 Å². The monoisotopic (exact) mass is 335 g/mol. The molecule has 0 amide bonds. The first kappa shape index (κ1) is 16.0. The van der Waals surface area contributed by atoms with E-state index in [4.69, 9.17) is 0 Å². The molecule has 2 heterocycles. The number of hydrogen-bond donors (Lipinski definition) is 0. The van der Waals surface area contributed by atoms with Gasteiger partial charge in [-0.1, -0.05) is 12.1 Å². The molecule has 0 saturated carbocycles. The maximum Gasteiger partial charge on any atom is 0.416 e. The topological polar surface area (TPSA) is 61.0 Å². The first-order valence-electron chi connectivity index (χ1n) is 7.02. The number of alkyl halides is 3. The van der Waals surface area contributed by atoms with Crippen LogP contribution in [0.2, 0.25) is 0 Å². The van der Waals surface area contributed by atoms with Gasteiger partial charge in [0.15, 0.2) is 0 Å². The lowest BCUT2D eigenvalue weighted by molar-refractivity contribution is -0.385. The minimum absolute atomic E-state index is 0.0992. The SMILES string of the molecule is Cc1cn(Cc2ccc(C(F)(F)F)cc2)c2ncc([N+](=O)[O-])cc12. The zero-order valence-corrected chi connectivity index (χ0v) is 12.5. The van der Waals surface area contributed by atoms with E-state index >= 15 is 0 Å². The Labute approximate surface area is 134 Å². The first-order chi connectivity index (χ1) is 11.3. The Morgan fingerprint density at radius 2 is 1.92 bits per heavy atom. The van der Waals surface area contributed by atoms with Crippen LogP contribution in [-0.2, 0) is 12.7 Å². The summed E-state index contributed by atoms with van der Waals surface area (Å²) in [6.45, 7) is 2.13. The van der Waals surface area contributed by atoms with Crippen LogP contribution in [0.5, 0.6) is 0 Å². The van der Waals surface area contributed by atoms with Crippen molar-refractivity contribution in [2.24, 2.45) is 0 Å². The smallest absolute Gasteiger partial charge is 0.328 e. The normalized spacial score (nSPS) is 11.8. The number of halogens is 3. The molecule has 2 aromatic heterocycles. The van der Waals surface area contributed by atoms with E-state index in [1.54, 1.807) is 17.7 Å². The van der Waals surface area contributed by atoms with Gasteiger partial charge in [0, 0.05) is 24.2 Å². The van der Waals surface area contributed by atoms with Crippen LogP contribution in [0.1, 0.15) is 16.7 Å². The molecule has 3 aromatic rings. The third kappa shape index (κ3) is 2.94. The second-order valence-corrected chi connectivity index (χ2v) is 5.46. The fourth-order valence-corrected chi connectivity index (χ4v) is 2.55. The fourth-order valence-electron chi connectivity index (χ4n) is 2.55. The van der Waals surface area contributed by atoms with Gasteiger partial charge in [-0.3, -0.25) is 10.1 Å². The maximum absolute atomic E-state index is 12.6. The molecule has 8 heteroatoms. The standard InChI is InChI=1S/C16H12F3N3O2/c1-10-8-21(15-14(10)6-13(7-20-15)22(23)24)9-11-2-4-12(5-3-11)16(17,18)19/h2-8H,9H2,1H3. The molecule has 124 valence electrons. The molecule has 0 aliphatic rings. The third-order valence-electron chi connectivity index (χ3n) is 3.74. The van der Waals surface area contributed by atoms with E-state index in [0.29, 0.717) is 23.1 Å². The molecule has 0 bridgehead atoms. The Kier molecular flexibility index (Phi) is 3.75. The van der Waals surface area contributed by atoms with Gasteiger partial charge in [-0.25, -0.2) is 4.98 Å². The Hall–Kier alpha value is -2.90. The Morgan fingerprint density at radius 1 is 1.25 bits per heavy atom. The van der Waals surface area contributed by atoms with Gasteiger partial charge in [0.25, 0.3) is 5.69 Å². The molecule has 0 fully saturated rings. The van der Waals surface area contributed by atoms with Crippen LogP contribution >= 0.6 is 0 Å². The number of nitro groups is 1. The summed E-state index contributed by atoms with van der Waals surface area (Å²) in [5.74, 6) is 0. The molecule has 5 nitrogen and oxygen atoms in total. The van der Waals surface area contributed by atoms with E-state index in [2.05, 4.69) is 4.98 Å².